The number of carbonyl (C=O) groups is 1. The Hall–Kier alpha value is -1.42. The van der Waals surface area contributed by atoms with Gasteiger partial charge in [-0.05, 0) is 25.1 Å². The first-order chi connectivity index (χ1) is 8.76. The number of aromatic nitrogens is 1. The summed E-state index contributed by atoms with van der Waals surface area (Å²) in [6.45, 7) is 6.45. The number of ether oxygens (including phenoxy) is 1. The zero-order valence-corrected chi connectivity index (χ0v) is 11.3. The van der Waals surface area contributed by atoms with Crippen LogP contribution >= 0.6 is 0 Å². The normalized spacial score (nSPS) is 10.6. The van der Waals surface area contributed by atoms with Gasteiger partial charge in [-0.15, -0.1) is 0 Å². The zero-order chi connectivity index (χ0) is 13.2. The van der Waals surface area contributed by atoms with Crippen LogP contribution in [0.15, 0.2) is 24.4 Å². The Morgan fingerprint density at radius 1 is 1.39 bits per heavy atom. The molecule has 0 N–H and O–H groups in total. The fraction of sp³-hybridized carbons (Fsp3) is 0.571. The number of pyridine rings is 1. The summed E-state index contributed by atoms with van der Waals surface area (Å²) in [4.78, 5) is 17.9. The predicted molar refractivity (Wildman–Crippen MR) is 71.1 cm³/mol. The third-order valence-corrected chi connectivity index (χ3v) is 2.67. The molecule has 0 saturated heterocycles. The van der Waals surface area contributed by atoms with Crippen molar-refractivity contribution in [2.75, 3.05) is 19.7 Å². The van der Waals surface area contributed by atoms with Crippen molar-refractivity contribution in [3.8, 4) is 0 Å². The lowest BCUT2D eigenvalue weighted by Gasteiger charge is -2.18. The molecule has 0 aliphatic carbocycles. The standard InChI is InChI=1S/C14H22N2O2/c1-3-5-10-18-14(17)12-16(4-2)11-13-8-6-7-9-15-13/h6-9H,3-5,10-12H2,1-2H3. The molecule has 1 aromatic heterocycles. The van der Waals surface area contributed by atoms with Gasteiger partial charge in [-0.3, -0.25) is 14.7 Å². The highest BCUT2D eigenvalue weighted by Gasteiger charge is 2.10. The summed E-state index contributed by atoms with van der Waals surface area (Å²) in [5, 5.41) is 0. The maximum atomic E-state index is 11.6. The van der Waals surface area contributed by atoms with Gasteiger partial charge in [0.2, 0.25) is 0 Å². The topological polar surface area (TPSA) is 42.4 Å². The van der Waals surface area contributed by atoms with Crippen molar-refractivity contribution < 1.29 is 9.53 Å². The van der Waals surface area contributed by atoms with Crippen molar-refractivity contribution in [2.45, 2.75) is 33.2 Å². The van der Waals surface area contributed by atoms with E-state index >= 15 is 0 Å². The zero-order valence-electron chi connectivity index (χ0n) is 11.3. The maximum absolute atomic E-state index is 11.6. The minimum Gasteiger partial charge on any atom is -0.465 e. The number of likely N-dealkylation sites (N-methyl/N-ethyl adjacent to an activating group) is 1. The van der Waals surface area contributed by atoms with Gasteiger partial charge in [0.15, 0.2) is 0 Å². The Kier molecular flexibility index (Phi) is 7.03. The first kappa shape index (κ1) is 14.6. The summed E-state index contributed by atoms with van der Waals surface area (Å²) in [6, 6.07) is 5.81. The second-order valence-corrected chi connectivity index (χ2v) is 4.20. The van der Waals surface area contributed by atoms with Gasteiger partial charge in [0.1, 0.15) is 0 Å². The summed E-state index contributed by atoms with van der Waals surface area (Å²) in [5.74, 6) is -0.152. The van der Waals surface area contributed by atoms with Crippen LogP contribution in [0.3, 0.4) is 0 Å². The number of esters is 1. The Morgan fingerprint density at radius 3 is 2.83 bits per heavy atom. The fourth-order valence-electron chi connectivity index (χ4n) is 1.56. The highest BCUT2D eigenvalue weighted by molar-refractivity contribution is 5.71. The average Bonchev–Trinajstić information content (AvgIpc) is 2.39. The van der Waals surface area contributed by atoms with E-state index < -0.39 is 0 Å². The smallest absolute Gasteiger partial charge is 0.320 e. The van der Waals surface area contributed by atoms with Crippen LogP contribution in [0.4, 0.5) is 0 Å². The summed E-state index contributed by atoms with van der Waals surface area (Å²) in [7, 11) is 0. The first-order valence-electron chi connectivity index (χ1n) is 6.54. The SMILES string of the molecule is CCCCOC(=O)CN(CC)Cc1ccccn1. The van der Waals surface area contributed by atoms with Crippen LogP contribution in [-0.2, 0) is 16.1 Å². The maximum Gasteiger partial charge on any atom is 0.320 e. The van der Waals surface area contributed by atoms with E-state index in [2.05, 4.69) is 11.9 Å². The monoisotopic (exact) mass is 250 g/mol. The van der Waals surface area contributed by atoms with E-state index in [1.54, 1.807) is 6.20 Å². The molecule has 0 atom stereocenters. The molecule has 1 aromatic rings. The molecule has 0 aromatic carbocycles. The summed E-state index contributed by atoms with van der Waals surface area (Å²) >= 11 is 0. The van der Waals surface area contributed by atoms with Gasteiger partial charge in [-0.2, -0.15) is 0 Å². The minimum absolute atomic E-state index is 0.152. The number of rotatable bonds is 8. The molecular weight excluding hydrogens is 228 g/mol. The van der Waals surface area contributed by atoms with Crippen molar-refractivity contribution in [1.29, 1.82) is 0 Å². The van der Waals surface area contributed by atoms with Gasteiger partial charge >= 0.3 is 5.97 Å². The van der Waals surface area contributed by atoms with Crippen LogP contribution in [-0.4, -0.2) is 35.5 Å². The van der Waals surface area contributed by atoms with Gasteiger partial charge < -0.3 is 4.74 Å². The lowest BCUT2D eigenvalue weighted by Crippen LogP contribution is -2.30. The van der Waals surface area contributed by atoms with Crippen LogP contribution in [0, 0.1) is 0 Å². The van der Waals surface area contributed by atoms with E-state index in [4.69, 9.17) is 4.74 Å². The lowest BCUT2D eigenvalue weighted by atomic mass is 10.3. The molecule has 100 valence electrons. The molecule has 0 saturated carbocycles. The number of nitrogens with zero attached hydrogens (tertiary/aromatic N) is 2. The summed E-state index contributed by atoms with van der Waals surface area (Å²) in [6.07, 6.45) is 3.74. The quantitative estimate of drug-likeness (QED) is 0.524. The molecule has 1 heterocycles. The molecule has 0 unspecified atom stereocenters. The summed E-state index contributed by atoms with van der Waals surface area (Å²) in [5.41, 5.74) is 0.973. The Balaban J connectivity index is 2.35. The van der Waals surface area contributed by atoms with E-state index in [0.29, 0.717) is 19.7 Å². The minimum atomic E-state index is -0.152. The van der Waals surface area contributed by atoms with E-state index in [1.807, 2.05) is 30.0 Å². The molecule has 1 rings (SSSR count). The molecule has 0 aliphatic rings. The van der Waals surface area contributed by atoms with Crippen molar-refractivity contribution in [2.24, 2.45) is 0 Å². The molecule has 18 heavy (non-hydrogen) atoms. The van der Waals surface area contributed by atoms with Gasteiger partial charge in [0, 0.05) is 12.7 Å². The molecule has 0 bridgehead atoms. The molecule has 0 aliphatic heterocycles. The highest BCUT2D eigenvalue weighted by Crippen LogP contribution is 2.01. The number of hydrogen-bond acceptors (Lipinski definition) is 4. The Labute approximate surface area is 109 Å². The van der Waals surface area contributed by atoms with Crippen LogP contribution in [0.25, 0.3) is 0 Å². The molecule has 4 heteroatoms. The second kappa shape index (κ2) is 8.64. The Morgan fingerprint density at radius 2 is 2.22 bits per heavy atom. The second-order valence-electron chi connectivity index (χ2n) is 4.20. The fourth-order valence-corrected chi connectivity index (χ4v) is 1.56. The van der Waals surface area contributed by atoms with Gasteiger partial charge in [-0.25, -0.2) is 0 Å². The number of carbonyl (C=O) groups excluding carboxylic acids is 1. The van der Waals surface area contributed by atoms with Gasteiger partial charge in [-0.1, -0.05) is 26.3 Å². The summed E-state index contributed by atoms with van der Waals surface area (Å²) < 4.78 is 5.15. The van der Waals surface area contributed by atoms with E-state index in [0.717, 1.165) is 25.1 Å². The molecule has 4 nitrogen and oxygen atoms in total. The molecular formula is C14H22N2O2. The van der Waals surface area contributed by atoms with Crippen LogP contribution in [0.2, 0.25) is 0 Å². The van der Waals surface area contributed by atoms with Gasteiger partial charge in [0.05, 0.1) is 18.8 Å². The first-order valence-corrected chi connectivity index (χ1v) is 6.54. The van der Waals surface area contributed by atoms with Gasteiger partial charge in [0.25, 0.3) is 0 Å². The van der Waals surface area contributed by atoms with Crippen molar-refractivity contribution >= 4 is 5.97 Å². The van der Waals surface area contributed by atoms with Crippen LogP contribution in [0.5, 0.6) is 0 Å². The third-order valence-electron chi connectivity index (χ3n) is 2.67. The molecule has 0 fully saturated rings. The van der Waals surface area contributed by atoms with E-state index in [1.165, 1.54) is 0 Å². The van der Waals surface area contributed by atoms with E-state index in [-0.39, 0.29) is 5.97 Å². The third kappa shape index (κ3) is 5.77. The Bertz CT molecular complexity index is 341. The van der Waals surface area contributed by atoms with Crippen molar-refractivity contribution in [1.82, 2.24) is 9.88 Å². The van der Waals surface area contributed by atoms with Crippen molar-refractivity contribution in [3.05, 3.63) is 30.1 Å². The lowest BCUT2D eigenvalue weighted by molar-refractivity contribution is -0.145. The molecule has 0 amide bonds. The largest absolute Gasteiger partial charge is 0.465 e. The van der Waals surface area contributed by atoms with Crippen LogP contribution < -0.4 is 0 Å². The highest BCUT2D eigenvalue weighted by atomic mass is 16.5. The molecule has 0 radical (unpaired) electrons. The number of unbranched alkanes of at least 4 members (excludes halogenated alkanes) is 1. The van der Waals surface area contributed by atoms with E-state index in [9.17, 15) is 4.79 Å². The predicted octanol–water partition coefficient (Wildman–Crippen LogP) is 2.25. The number of hydrogen-bond donors (Lipinski definition) is 0. The molecule has 0 spiro atoms. The average molecular weight is 250 g/mol. The van der Waals surface area contributed by atoms with Crippen LogP contribution in [0.1, 0.15) is 32.4 Å². The van der Waals surface area contributed by atoms with Crippen molar-refractivity contribution in [3.63, 3.8) is 0 Å².